The topological polar surface area (TPSA) is 29.9 Å². The van der Waals surface area contributed by atoms with Crippen LogP contribution in [0, 0.1) is 0 Å². The van der Waals surface area contributed by atoms with Crippen LogP contribution in [0.5, 0.6) is 0 Å². The SMILES string of the molecule is CCc1cccc(C(NC)c2ccn(C)n2)c1. The molecule has 0 bridgehead atoms. The Morgan fingerprint density at radius 1 is 1.35 bits per heavy atom. The second kappa shape index (κ2) is 5.15. The zero-order chi connectivity index (χ0) is 12.3. The number of aromatic nitrogens is 2. The van der Waals surface area contributed by atoms with Gasteiger partial charge in [0.25, 0.3) is 0 Å². The van der Waals surface area contributed by atoms with Crippen molar-refractivity contribution in [2.24, 2.45) is 7.05 Å². The molecule has 0 aliphatic carbocycles. The molecule has 0 amide bonds. The van der Waals surface area contributed by atoms with Crippen molar-refractivity contribution in [3.63, 3.8) is 0 Å². The summed E-state index contributed by atoms with van der Waals surface area (Å²) in [5, 5.41) is 7.79. The van der Waals surface area contributed by atoms with E-state index in [1.807, 2.05) is 25.0 Å². The number of hydrogen-bond acceptors (Lipinski definition) is 2. The second-order valence-electron chi connectivity index (χ2n) is 4.23. The standard InChI is InChI=1S/C14H19N3/c1-4-11-6-5-7-12(10-11)14(15-2)13-8-9-17(3)16-13/h5-10,14-15H,4H2,1-3H3. The van der Waals surface area contributed by atoms with Crippen LogP contribution in [0.2, 0.25) is 0 Å². The van der Waals surface area contributed by atoms with Crippen molar-refractivity contribution < 1.29 is 0 Å². The maximum absolute atomic E-state index is 4.47. The molecule has 0 saturated heterocycles. The molecule has 0 spiro atoms. The molecule has 1 unspecified atom stereocenters. The van der Waals surface area contributed by atoms with Gasteiger partial charge in [-0.25, -0.2) is 0 Å². The van der Waals surface area contributed by atoms with E-state index < -0.39 is 0 Å². The van der Waals surface area contributed by atoms with Gasteiger partial charge in [0.05, 0.1) is 11.7 Å². The van der Waals surface area contributed by atoms with Gasteiger partial charge in [-0.1, -0.05) is 31.2 Å². The third kappa shape index (κ3) is 2.56. The van der Waals surface area contributed by atoms with Gasteiger partial charge in [0.15, 0.2) is 0 Å². The lowest BCUT2D eigenvalue weighted by atomic mass is 10.0. The summed E-state index contributed by atoms with van der Waals surface area (Å²) in [6.07, 6.45) is 3.04. The fourth-order valence-corrected chi connectivity index (χ4v) is 2.06. The molecule has 17 heavy (non-hydrogen) atoms. The highest BCUT2D eigenvalue weighted by atomic mass is 15.3. The fourth-order valence-electron chi connectivity index (χ4n) is 2.06. The van der Waals surface area contributed by atoms with E-state index in [0.717, 1.165) is 12.1 Å². The van der Waals surface area contributed by atoms with Crippen molar-refractivity contribution in [3.8, 4) is 0 Å². The summed E-state index contributed by atoms with van der Waals surface area (Å²) in [4.78, 5) is 0. The molecule has 1 heterocycles. The largest absolute Gasteiger partial charge is 0.308 e. The number of nitrogens with zero attached hydrogens (tertiary/aromatic N) is 2. The highest BCUT2D eigenvalue weighted by Gasteiger charge is 2.14. The van der Waals surface area contributed by atoms with E-state index in [1.165, 1.54) is 11.1 Å². The quantitative estimate of drug-likeness (QED) is 0.871. The van der Waals surface area contributed by atoms with Crippen LogP contribution in [0.3, 0.4) is 0 Å². The van der Waals surface area contributed by atoms with Gasteiger partial charge in [-0.2, -0.15) is 5.10 Å². The molecule has 0 fully saturated rings. The number of nitrogens with one attached hydrogen (secondary N) is 1. The molecule has 0 radical (unpaired) electrons. The van der Waals surface area contributed by atoms with Crippen LogP contribution in [0.25, 0.3) is 0 Å². The van der Waals surface area contributed by atoms with Gasteiger partial charge < -0.3 is 5.32 Å². The summed E-state index contributed by atoms with van der Waals surface area (Å²) in [5.41, 5.74) is 3.69. The first-order valence-electron chi connectivity index (χ1n) is 6.00. The van der Waals surface area contributed by atoms with E-state index in [9.17, 15) is 0 Å². The van der Waals surface area contributed by atoms with E-state index in [2.05, 4.69) is 47.7 Å². The summed E-state index contributed by atoms with van der Waals surface area (Å²) in [6.45, 7) is 2.17. The van der Waals surface area contributed by atoms with E-state index in [0.29, 0.717) is 0 Å². The van der Waals surface area contributed by atoms with Crippen molar-refractivity contribution >= 4 is 0 Å². The van der Waals surface area contributed by atoms with E-state index in [-0.39, 0.29) is 6.04 Å². The van der Waals surface area contributed by atoms with Gasteiger partial charge in [0, 0.05) is 13.2 Å². The van der Waals surface area contributed by atoms with Gasteiger partial charge in [-0.05, 0) is 30.7 Å². The summed E-state index contributed by atoms with van der Waals surface area (Å²) in [6, 6.07) is 10.9. The van der Waals surface area contributed by atoms with E-state index in [4.69, 9.17) is 0 Å². The average molecular weight is 229 g/mol. The normalized spacial score (nSPS) is 12.6. The fraction of sp³-hybridized carbons (Fsp3) is 0.357. The van der Waals surface area contributed by atoms with Gasteiger partial charge in [-0.15, -0.1) is 0 Å². The molecule has 3 nitrogen and oxygen atoms in total. The molecular weight excluding hydrogens is 210 g/mol. The molecule has 1 atom stereocenters. The molecule has 2 aromatic rings. The Kier molecular flexibility index (Phi) is 3.59. The van der Waals surface area contributed by atoms with Crippen molar-refractivity contribution in [3.05, 3.63) is 53.3 Å². The van der Waals surface area contributed by atoms with Crippen LogP contribution in [0.15, 0.2) is 36.5 Å². The first-order chi connectivity index (χ1) is 8.24. The van der Waals surface area contributed by atoms with E-state index in [1.54, 1.807) is 0 Å². The molecule has 1 aromatic heterocycles. The van der Waals surface area contributed by atoms with Crippen LogP contribution in [0.1, 0.15) is 29.8 Å². The number of aryl methyl sites for hydroxylation is 2. The highest BCUT2D eigenvalue weighted by Crippen LogP contribution is 2.21. The zero-order valence-electron chi connectivity index (χ0n) is 10.6. The minimum atomic E-state index is 0.169. The Bertz CT molecular complexity index is 488. The summed E-state index contributed by atoms with van der Waals surface area (Å²) in [5.74, 6) is 0. The molecule has 0 saturated carbocycles. The Labute approximate surface area is 102 Å². The van der Waals surface area contributed by atoms with Gasteiger partial charge in [-0.3, -0.25) is 4.68 Å². The maximum atomic E-state index is 4.47. The third-order valence-corrected chi connectivity index (χ3v) is 3.01. The first kappa shape index (κ1) is 11.9. The second-order valence-corrected chi connectivity index (χ2v) is 4.23. The van der Waals surface area contributed by atoms with Crippen LogP contribution < -0.4 is 5.32 Å². The molecule has 1 aromatic carbocycles. The van der Waals surface area contributed by atoms with Gasteiger partial charge in [0.1, 0.15) is 0 Å². The molecule has 0 aliphatic rings. The lowest BCUT2D eigenvalue weighted by Gasteiger charge is -2.15. The highest BCUT2D eigenvalue weighted by molar-refractivity contribution is 5.31. The van der Waals surface area contributed by atoms with Gasteiger partial charge >= 0.3 is 0 Å². The zero-order valence-corrected chi connectivity index (χ0v) is 10.6. The van der Waals surface area contributed by atoms with Crippen LogP contribution in [-0.2, 0) is 13.5 Å². The van der Waals surface area contributed by atoms with Crippen molar-refractivity contribution in [1.82, 2.24) is 15.1 Å². The lowest BCUT2D eigenvalue weighted by molar-refractivity contribution is 0.641. The first-order valence-corrected chi connectivity index (χ1v) is 6.00. The van der Waals surface area contributed by atoms with Crippen LogP contribution in [-0.4, -0.2) is 16.8 Å². The monoisotopic (exact) mass is 229 g/mol. The minimum Gasteiger partial charge on any atom is -0.308 e. The van der Waals surface area contributed by atoms with Crippen LogP contribution >= 0.6 is 0 Å². The third-order valence-electron chi connectivity index (χ3n) is 3.01. The van der Waals surface area contributed by atoms with Crippen molar-refractivity contribution in [2.45, 2.75) is 19.4 Å². The number of hydrogen-bond donors (Lipinski definition) is 1. The molecule has 2 rings (SSSR count). The summed E-state index contributed by atoms with van der Waals surface area (Å²) < 4.78 is 1.84. The Balaban J connectivity index is 2.34. The predicted molar refractivity (Wildman–Crippen MR) is 69.9 cm³/mol. The summed E-state index contributed by atoms with van der Waals surface area (Å²) in [7, 11) is 3.91. The van der Waals surface area contributed by atoms with E-state index >= 15 is 0 Å². The van der Waals surface area contributed by atoms with Crippen LogP contribution in [0.4, 0.5) is 0 Å². The molecule has 1 N–H and O–H groups in total. The maximum Gasteiger partial charge on any atom is 0.0839 e. The lowest BCUT2D eigenvalue weighted by Crippen LogP contribution is -2.18. The van der Waals surface area contributed by atoms with Crippen molar-refractivity contribution in [2.75, 3.05) is 7.05 Å². The minimum absolute atomic E-state index is 0.169. The summed E-state index contributed by atoms with van der Waals surface area (Å²) >= 11 is 0. The predicted octanol–water partition coefficient (Wildman–Crippen LogP) is 2.29. The molecule has 0 aliphatic heterocycles. The molecular formula is C14H19N3. The average Bonchev–Trinajstić information content (AvgIpc) is 2.77. The Hall–Kier alpha value is -1.61. The Morgan fingerprint density at radius 2 is 2.18 bits per heavy atom. The number of benzene rings is 1. The van der Waals surface area contributed by atoms with Gasteiger partial charge in [0.2, 0.25) is 0 Å². The molecule has 3 heteroatoms. The molecule has 90 valence electrons. The Morgan fingerprint density at radius 3 is 2.76 bits per heavy atom. The number of rotatable bonds is 4. The van der Waals surface area contributed by atoms with Crippen molar-refractivity contribution in [1.29, 1.82) is 0 Å². The smallest absolute Gasteiger partial charge is 0.0839 e.